The molecular weight excluding hydrogens is 274 g/mol. The highest BCUT2D eigenvalue weighted by Crippen LogP contribution is 2.29. The van der Waals surface area contributed by atoms with Gasteiger partial charge in [-0.05, 0) is 39.0 Å². The first-order valence-electron chi connectivity index (χ1n) is 6.49. The number of aromatic nitrogens is 2. The molecule has 5 heteroatoms. The number of hydrogen-bond acceptors (Lipinski definition) is 4. The van der Waals surface area contributed by atoms with Gasteiger partial charge in [-0.15, -0.1) is 0 Å². The molecule has 2 rings (SSSR count). The van der Waals surface area contributed by atoms with Crippen LogP contribution in [0.3, 0.4) is 0 Å². The lowest BCUT2D eigenvalue weighted by Crippen LogP contribution is -2.06. The molecule has 0 saturated carbocycles. The maximum absolute atomic E-state index is 6.16. The van der Waals surface area contributed by atoms with Crippen molar-refractivity contribution in [2.75, 3.05) is 19.0 Å². The maximum atomic E-state index is 6.16. The van der Waals surface area contributed by atoms with Gasteiger partial charge in [-0.25, -0.2) is 9.97 Å². The van der Waals surface area contributed by atoms with Gasteiger partial charge in [0.1, 0.15) is 11.6 Å². The first-order chi connectivity index (χ1) is 9.56. The first-order valence-corrected chi connectivity index (χ1v) is 6.87. The van der Waals surface area contributed by atoms with E-state index in [2.05, 4.69) is 15.3 Å². The van der Waals surface area contributed by atoms with E-state index in [4.69, 9.17) is 16.3 Å². The van der Waals surface area contributed by atoms with Crippen molar-refractivity contribution in [1.82, 2.24) is 9.97 Å². The second-order valence-corrected chi connectivity index (χ2v) is 4.89. The summed E-state index contributed by atoms with van der Waals surface area (Å²) in [7, 11) is 1.59. The molecule has 20 heavy (non-hydrogen) atoms. The Morgan fingerprint density at radius 1 is 1.25 bits per heavy atom. The number of hydrogen-bond donors (Lipinski definition) is 1. The van der Waals surface area contributed by atoms with E-state index in [9.17, 15) is 0 Å². The van der Waals surface area contributed by atoms with Gasteiger partial charge in [-0.2, -0.15) is 0 Å². The average molecular weight is 292 g/mol. The summed E-state index contributed by atoms with van der Waals surface area (Å²) in [6.45, 7) is 6.85. The molecular formula is C15H18ClN3O. The van der Waals surface area contributed by atoms with Crippen LogP contribution in [0.4, 0.5) is 5.82 Å². The van der Waals surface area contributed by atoms with Gasteiger partial charge < -0.3 is 10.1 Å². The number of anilines is 1. The second-order valence-electron chi connectivity index (χ2n) is 4.49. The zero-order valence-electron chi connectivity index (χ0n) is 12.1. The molecule has 0 unspecified atom stereocenters. The van der Waals surface area contributed by atoms with Gasteiger partial charge in [0.25, 0.3) is 0 Å². The fourth-order valence-electron chi connectivity index (χ4n) is 1.90. The number of aryl methyl sites for hydroxylation is 1. The fraction of sp³-hybridized carbons (Fsp3) is 0.333. The Kier molecular flexibility index (Phi) is 4.45. The van der Waals surface area contributed by atoms with Crippen LogP contribution in [0.25, 0.3) is 11.4 Å². The molecule has 0 spiro atoms. The largest absolute Gasteiger partial charge is 0.495 e. The molecule has 0 amide bonds. The summed E-state index contributed by atoms with van der Waals surface area (Å²) in [6, 6.07) is 5.55. The molecule has 1 aromatic heterocycles. The lowest BCUT2D eigenvalue weighted by Gasteiger charge is -2.12. The Bertz CT molecular complexity index is 629. The lowest BCUT2D eigenvalue weighted by atomic mass is 10.1. The van der Waals surface area contributed by atoms with Crippen molar-refractivity contribution in [2.24, 2.45) is 0 Å². The third-order valence-electron chi connectivity index (χ3n) is 3.14. The molecule has 0 aliphatic heterocycles. The minimum atomic E-state index is 0.553. The maximum Gasteiger partial charge on any atom is 0.161 e. The van der Waals surface area contributed by atoms with Crippen LogP contribution in [0.1, 0.15) is 18.2 Å². The molecule has 0 radical (unpaired) electrons. The van der Waals surface area contributed by atoms with Crippen molar-refractivity contribution in [2.45, 2.75) is 20.8 Å². The predicted octanol–water partition coefficient (Wildman–Crippen LogP) is 3.85. The van der Waals surface area contributed by atoms with Gasteiger partial charge in [-0.3, -0.25) is 0 Å². The van der Waals surface area contributed by atoms with Crippen LogP contribution in [0.15, 0.2) is 18.2 Å². The quantitative estimate of drug-likeness (QED) is 0.929. The number of nitrogens with zero attached hydrogens (tertiary/aromatic N) is 2. The molecule has 0 aliphatic carbocycles. The van der Waals surface area contributed by atoms with E-state index in [0.717, 1.165) is 29.2 Å². The van der Waals surface area contributed by atoms with Gasteiger partial charge in [0, 0.05) is 23.4 Å². The van der Waals surface area contributed by atoms with Crippen LogP contribution < -0.4 is 10.1 Å². The van der Waals surface area contributed by atoms with Crippen LogP contribution in [0.5, 0.6) is 5.75 Å². The monoisotopic (exact) mass is 291 g/mol. The van der Waals surface area contributed by atoms with Crippen LogP contribution in [0.2, 0.25) is 5.02 Å². The number of halogens is 1. The number of benzene rings is 1. The topological polar surface area (TPSA) is 47.0 Å². The number of methoxy groups -OCH3 is 1. The molecule has 0 saturated heterocycles. The van der Waals surface area contributed by atoms with Crippen molar-refractivity contribution in [3.8, 4) is 17.1 Å². The Labute approximate surface area is 124 Å². The average Bonchev–Trinajstić information content (AvgIpc) is 2.43. The second kappa shape index (κ2) is 6.09. The van der Waals surface area contributed by atoms with Crippen molar-refractivity contribution < 1.29 is 4.74 Å². The van der Waals surface area contributed by atoms with E-state index in [-0.39, 0.29) is 0 Å². The van der Waals surface area contributed by atoms with E-state index < -0.39 is 0 Å². The molecule has 4 nitrogen and oxygen atoms in total. The lowest BCUT2D eigenvalue weighted by molar-refractivity contribution is 0.415. The molecule has 106 valence electrons. The first kappa shape index (κ1) is 14.6. The molecule has 2 aromatic rings. The van der Waals surface area contributed by atoms with Gasteiger partial charge in [-0.1, -0.05) is 11.6 Å². The van der Waals surface area contributed by atoms with E-state index in [1.54, 1.807) is 7.11 Å². The zero-order chi connectivity index (χ0) is 14.7. The van der Waals surface area contributed by atoms with E-state index in [0.29, 0.717) is 16.6 Å². The highest BCUT2D eigenvalue weighted by atomic mass is 35.5. The number of ether oxygens (including phenoxy) is 1. The molecule has 0 bridgehead atoms. The van der Waals surface area contributed by atoms with Crippen molar-refractivity contribution in [3.05, 3.63) is 34.5 Å². The zero-order valence-corrected chi connectivity index (χ0v) is 12.9. The fourth-order valence-corrected chi connectivity index (χ4v) is 2.16. The molecule has 1 N–H and O–H groups in total. The Hall–Kier alpha value is -1.81. The molecule has 1 heterocycles. The number of rotatable bonds is 4. The highest BCUT2D eigenvalue weighted by Gasteiger charge is 2.11. The summed E-state index contributed by atoms with van der Waals surface area (Å²) in [5, 5.41) is 3.81. The minimum Gasteiger partial charge on any atom is -0.495 e. The summed E-state index contributed by atoms with van der Waals surface area (Å²) in [5.74, 6) is 2.17. The molecule has 0 fully saturated rings. The van der Waals surface area contributed by atoms with Crippen LogP contribution in [0, 0.1) is 13.8 Å². The molecule has 0 atom stereocenters. The Morgan fingerprint density at radius 3 is 2.60 bits per heavy atom. The Morgan fingerprint density at radius 2 is 2.00 bits per heavy atom. The molecule has 1 aromatic carbocycles. The van der Waals surface area contributed by atoms with E-state index >= 15 is 0 Å². The number of nitrogens with one attached hydrogen (secondary N) is 1. The van der Waals surface area contributed by atoms with Gasteiger partial charge in [0.15, 0.2) is 5.82 Å². The third-order valence-corrected chi connectivity index (χ3v) is 3.44. The predicted molar refractivity (Wildman–Crippen MR) is 82.7 cm³/mol. The standard InChI is InChI=1S/C15H18ClN3O/c1-5-17-14-9(2)10(3)18-15(19-14)11-6-7-13(20-4)12(16)8-11/h6-8H,5H2,1-4H3,(H,17,18,19). The van der Waals surface area contributed by atoms with Crippen molar-refractivity contribution >= 4 is 17.4 Å². The van der Waals surface area contributed by atoms with E-state index in [1.165, 1.54) is 0 Å². The summed E-state index contributed by atoms with van der Waals surface area (Å²) >= 11 is 6.16. The van der Waals surface area contributed by atoms with Crippen LogP contribution in [-0.4, -0.2) is 23.6 Å². The summed E-state index contributed by atoms with van der Waals surface area (Å²) < 4.78 is 5.16. The normalized spacial score (nSPS) is 10.4. The minimum absolute atomic E-state index is 0.553. The van der Waals surface area contributed by atoms with E-state index in [1.807, 2.05) is 39.0 Å². The van der Waals surface area contributed by atoms with Gasteiger partial charge in [0.05, 0.1) is 12.1 Å². The van der Waals surface area contributed by atoms with Crippen molar-refractivity contribution in [3.63, 3.8) is 0 Å². The smallest absolute Gasteiger partial charge is 0.161 e. The van der Waals surface area contributed by atoms with Gasteiger partial charge in [0.2, 0.25) is 0 Å². The SMILES string of the molecule is CCNc1nc(-c2ccc(OC)c(Cl)c2)nc(C)c1C. The van der Waals surface area contributed by atoms with Crippen LogP contribution >= 0.6 is 11.6 Å². The Balaban J connectivity index is 2.49. The van der Waals surface area contributed by atoms with Gasteiger partial charge >= 0.3 is 0 Å². The summed E-state index contributed by atoms with van der Waals surface area (Å²) in [6.07, 6.45) is 0. The third kappa shape index (κ3) is 2.85. The summed E-state index contributed by atoms with van der Waals surface area (Å²) in [4.78, 5) is 9.10. The summed E-state index contributed by atoms with van der Waals surface area (Å²) in [5.41, 5.74) is 2.89. The van der Waals surface area contributed by atoms with Crippen molar-refractivity contribution in [1.29, 1.82) is 0 Å². The van der Waals surface area contributed by atoms with Crippen LogP contribution in [-0.2, 0) is 0 Å². The molecule has 0 aliphatic rings. The highest BCUT2D eigenvalue weighted by molar-refractivity contribution is 6.32.